The van der Waals surface area contributed by atoms with E-state index in [1.165, 1.54) is 103 Å². The minimum Gasteiger partial charge on any atom is -0.508 e. The highest BCUT2D eigenvalue weighted by atomic mass is 16.3. The third-order valence-corrected chi connectivity index (χ3v) is 6.67. The fourth-order valence-corrected chi connectivity index (χ4v) is 4.62. The number of amides is 1. The van der Waals surface area contributed by atoms with Crippen molar-refractivity contribution in [2.24, 2.45) is 0 Å². The molecule has 3 nitrogen and oxygen atoms in total. The molecule has 0 aliphatic carbocycles. The molecule has 2 aromatic rings. The van der Waals surface area contributed by atoms with Crippen molar-refractivity contribution in [1.29, 1.82) is 0 Å². The highest BCUT2D eigenvalue weighted by molar-refractivity contribution is 6.07. The normalized spacial score (nSPS) is 11.2. The quantitative estimate of drug-likeness (QED) is 0.209. The van der Waals surface area contributed by atoms with Crippen molar-refractivity contribution in [3.63, 3.8) is 0 Å². The van der Waals surface area contributed by atoms with Gasteiger partial charge in [-0.15, -0.1) is 0 Å². The van der Waals surface area contributed by atoms with Crippen molar-refractivity contribution in [3.05, 3.63) is 42.0 Å². The molecule has 2 aromatic carbocycles. The Balaban J connectivity index is 1.39. The average Bonchev–Trinajstić information content (AvgIpc) is 2.82. The first-order chi connectivity index (χ1) is 16.2. The van der Waals surface area contributed by atoms with Crippen LogP contribution in [0.5, 0.6) is 5.75 Å². The largest absolute Gasteiger partial charge is 0.508 e. The molecule has 0 fully saturated rings. The summed E-state index contributed by atoms with van der Waals surface area (Å²) < 4.78 is 0. The first-order valence-corrected chi connectivity index (χ1v) is 13.7. The molecule has 184 valence electrons. The number of hydrogen-bond acceptors (Lipinski definition) is 2. The third kappa shape index (κ3) is 11.6. The predicted molar refractivity (Wildman–Crippen MR) is 142 cm³/mol. The summed E-state index contributed by atoms with van der Waals surface area (Å²) in [7, 11) is 0. The van der Waals surface area contributed by atoms with E-state index in [2.05, 4.69) is 12.2 Å². The van der Waals surface area contributed by atoms with Gasteiger partial charge in [0.25, 0.3) is 5.91 Å². The average molecular weight is 454 g/mol. The van der Waals surface area contributed by atoms with Crippen molar-refractivity contribution >= 4 is 16.7 Å². The second-order valence-electron chi connectivity index (χ2n) is 9.62. The van der Waals surface area contributed by atoms with E-state index in [1.54, 1.807) is 12.1 Å². The number of aromatic hydroxyl groups is 1. The van der Waals surface area contributed by atoms with Crippen LogP contribution < -0.4 is 5.32 Å². The van der Waals surface area contributed by atoms with Crippen molar-refractivity contribution in [2.45, 2.75) is 116 Å². The van der Waals surface area contributed by atoms with Crippen LogP contribution in [0.1, 0.15) is 126 Å². The fraction of sp³-hybridized carbons (Fsp3) is 0.633. The number of phenolic OH excluding ortho intramolecular Hbond substituents is 1. The van der Waals surface area contributed by atoms with Crippen LogP contribution in [-0.4, -0.2) is 17.6 Å². The van der Waals surface area contributed by atoms with Gasteiger partial charge in [-0.2, -0.15) is 0 Å². The molecule has 2 rings (SSSR count). The number of hydrogen-bond donors (Lipinski definition) is 2. The number of unbranched alkanes of at least 4 members (excludes halogenated alkanes) is 16. The summed E-state index contributed by atoms with van der Waals surface area (Å²) in [5.41, 5.74) is 0.680. The van der Waals surface area contributed by atoms with Crippen LogP contribution in [0.25, 0.3) is 10.8 Å². The second kappa shape index (κ2) is 17.4. The Morgan fingerprint density at radius 3 is 1.76 bits per heavy atom. The van der Waals surface area contributed by atoms with Gasteiger partial charge in [-0.1, -0.05) is 122 Å². The van der Waals surface area contributed by atoms with Crippen LogP contribution in [0.3, 0.4) is 0 Å². The smallest absolute Gasteiger partial charge is 0.251 e. The highest BCUT2D eigenvalue weighted by Gasteiger charge is 2.09. The van der Waals surface area contributed by atoms with Crippen LogP contribution in [0.2, 0.25) is 0 Å². The molecule has 0 aliphatic heterocycles. The van der Waals surface area contributed by atoms with Crippen LogP contribution in [0.15, 0.2) is 36.4 Å². The number of benzene rings is 2. The molecule has 0 saturated heterocycles. The van der Waals surface area contributed by atoms with Gasteiger partial charge < -0.3 is 10.4 Å². The van der Waals surface area contributed by atoms with E-state index in [1.807, 2.05) is 24.3 Å². The summed E-state index contributed by atoms with van der Waals surface area (Å²) in [6.07, 6.45) is 23.2. The maximum Gasteiger partial charge on any atom is 0.251 e. The molecule has 3 heteroatoms. The first kappa shape index (κ1) is 27.2. The van der Waals surface area contributed by atoms with E-state index in [9.17, 15) is 9.90 Å². The van der Waals surface area contributed by atoms with Crippen LogP contribution in [0.4, 0.5) is 0 Å². The monoisotopic (exact) mass is 453 g/mol. The van der Waals surface area contributed by atoms with E-state index in [-0.39, 0.29) is 11.7 Å². The summed E-state index contributed by atoms with van der Waals surface area (Å²) in [6.45, 7) is 3.01. The molecule has 2 N–H and O–H groups in total. The zero-order chi connectivity index (χ0) is 23.6. The molecule has 0 radical (unpaired) electrons. The number of fused-ring (bicyclic) bond motifs is 1. The molecule has 1 amide bonds. The van der Waals surface area contributed by atoms with E-state index in [0.717, 1.165) is 23.7 Å². The van der Waals surface area contributed by atoms with E-state index >= 15 is 0 Å². The lowest BCUT2D eigenvalue weighted by Gasteiger charge is -2.08. The number of phenols is 1. The molecule has 0 aromatic heterocycles. The molecule has 0 bridgehead atoms. The van der Waals surface area contributed by atoms with E-state index in [4.69, 9.17) is 0 Å². The predicted octanol–water partition coefficient (Wildman–Crippen LogP) is 8.93. The SMILES string of the molecule is CCCCCCCCCCCCCCCCCCCNC(=O)c1cccc2cc(O)ccc12. The molecule has 0 unspecified atom stereocenters. The first-order valence-electron chi connectivity index (χ1n) is 13.7. The van der Waals surface area contributed by atoms with Crippen molar-refractivity contribution in [1.82, 2.24) is 5.32 Å². The molecule has 0 aliphatic rings. The minimum absolute atomic E-state index is 0.0252. The van der Waals surface area contributed by atoms with Gasteiger partial charge in [0.15, 0.2) is 0 Å². The molecule has 0 atom stereocenters. The van der Waals surface area contributed by atoms with Crippen LogP contribution in [0, 0.1) is 0 Å². The zero-order valence-corrected chi connectivity index (χ0v) is 21.0. The maximum atomic E-state index is 12.5. The third-order valence-electron chi connectivity index (χ3n) is 6.67. The molecule has 0 spiro atoms. The Morgan fingerprint density at radius 1 is 0.697 bits per heavy atom. The van der Waals surface area contributed by atoms with Crippen molar-refractivity contribution < 1.29 is 9.90 Å². The highest BCUT2D eigenvalue weighted by Crippen LogP contribution is 2.23. The lowest BCUT2D eigenvalue weighted by Crippen LogP contribution is -2.24. The van der Waals surface area contributed by atoms with Gasteiger partial charge in [-0.05, 0) is 41.5 Å². The number of nitrogens with one attached hydrogen (secondary N) is 1. The Morgan fingerprint density at radius 2 is 1.21 bits per heavy atom. The minimum atomic E-state index is -0.0252. The zero-order valence-electron chi connectivity index (χ0n) is 21.0. The topological polar surface area (TPSA) is 49.3 Å². The Kier molecular flexibility index (Phi) is 14.4. The maximum absolute atomic E-state index is 12.5. The van der Waals surface area contributed by atoms with Crippen molar-refractivity contribution in [3.8, 4) is 5.75 Å². The van der Waals surface area contributed by atoms with Gasteiger partial charge in [0.05, 0.1) is 0 Å². The summed E-state index contributed by atoms with van der Waals surface area (Å²) in [6, 6.07) is 10.8. The second-order valence-corrected chi connectivity index (χ2v) is 9.62. The van der Waals surface area contributed by atoms with Gasteiger partial charge in [0, 0.05) is 12.1 Å². The van der Waals surface area contributed by atoms with Gasteiger partial charge >= 0.3 is 0 Å². The number of carbonyl (C=O) groups excluding carboxylic acids is 1. The van der Waals surface area contributed by atoms with Gasteiger partial charge in [-0.3, -0.25) is 4.79 Å². The Hall–Kier alpha value is -2.03. The lowest BCUT2D eigenvalue weighted by molar-refractivity contribution is 0.0954. The fourth-order valence-electron chi connectivity index (χ4n) is 4.62. The summed E-state index contributed by atoms with van der Waals surface area (Å²) in [5.74, 6) is 0.200. The molecule has 0 heterocycles. The van der Waals surface area contributed by atoms with Crippen LogP contribution >= 0.6 is 0 Å². The number of carbonyl (C=O) groups is 1. The van der Waals surface area contributed by atoms with Crippen molar-refractivity contribution in [2.75, 3.05) is 6.54 Å². The molecular formula is C30H47NO2. The number of rotatable bonds is 19. The molecular weight excluding hydrogens is 406 g/mol. The molecule has 33 heavy (non-hydrogen) atoms. The Labute approximate surface area is 202 Å². The summed E-state index contributed by atoms with van der Waals surface area (Å²) >= 11 is 0. The standard InChI is InChI=1S/C30H47NO2/c1-2-3-4-5-6-7-8-9-10-11-12-13-14-15-16-17-18-24-31-30(33)29-21-19-20-26-25-27(32)22-23-28(26)29/h19-23,25,32H,2-18,24H2,1H3,(H,31,33). The van der Waals surface area contributed by atoms with E-state index in [0.29, 0.717) is 5.56 Å². The summed E-state index contributed by atoms with van der Waals surface area (Å²) in [4.78, 5) is 12.5. The van der Waals surface area contributed by atoms with E-state index < -0.39 is 0 Å². The van der Waals surface area contributed by atoms with Crippen LogP contribution in [-0.2, 0) is 0 Å². The van der Waals surface area contributed by atoms with Gasteiger partial charge in [0.2, 0.25) is 0 Å². The summed E-state index contributed by atoms with van der Waals surface area (Å²) in [5, 5.41) is 14.5. The molecule has 0 saturated carbocycles. The van der Waals surface area contributed by atoms with Gasteiger partial charge in [0.1, 0.15) is 5.75 Å². The Bertz CT molecular complexity index is 786. The van der Waals surface area contributed by atoms with Gasteiger partial charge in [-0.25, -0.2) is 0 Å². The lowest BCUT2D eigenvalue weighted by atomic mass is 10.0.